The molecule has 1 heterocycles. The van der Waals surface area contributed by atoms with Crippen molar-refractivity contribution in [2.75, 3.05) is 37.7 Å². The molecule has 2 rings (SSSR count). The third-order valence-corrected chi connectivity index (χ3v) is 3.49. The van der Waals surface area contributed by atoms with Gasteiger partial charge in [0.2, 0.25) is 0 Å². The number of benzene rings is 1. The van der Waals surface area contributed by atoms with Gasteiger partial charge >= 0.3 is 5.97 Å². The Kier molecular flexibility index (Phi) is 4.63. The van der Waals surface area contributed by atoms with Gasteiger partial charge in [-0.3, -0.25) is 4.79 Å². The van der Waals surface area contributed by atoms with E-state index < -0.39 is 11.9 Å². The Morgan fingerprint density at radius 2 is 2.16 bits per heavy atom. The van der Waals surface area contributed by atoms with Gasteiger partial charge in [0, 0.05) is 30.3 Å². The molecule has 3 N–H and O–H groups in total. The van der Waals surface area contributed by atoms with E-state index in [1.165, 1.54) is 0 Å². The molecule has 0 spiro atoms. The fourth-order valence-electron chi connectivity index (χ4n) is 2.26. The Bertz CT molecular complexity index is 461. The van der Waals surface area contributed by atoms with Gasteiger partial charge in [0.1, 0.15) is 0 Å². The Morgan fingerprint density at radius 3 is 2.74 bits per heavy atom. The van der Waals surface area contributed by atoms with Crippen molar-refractivity contribution >= 4 is 23.3 Å². The van der Waals surface area contributed by atoms with Crippen molar-refractivity contribution in [1.29, 1.82) is 0 Å². The molecule has 1 fully saturated rings. The first-order valence-electron chi connectivity index (χ1n) is 6.18. The summed E-state index contributed by atoms with van der Waals surface area (Å²) in [7, 11) is 0. The van der Waals surface area contributed by atoms with E-state index in [0.717, 1.165) is 18.8 Å². The molecule has 0 aromatic heterocycles. The van der Waals surface area contributed by atoms with Crippen LogP contribution in [0, 0.1) is 0 Å². The van der Waals surface area contributed by atoms with Crippen LogP contribution in [0.3, 0.4) is 0 Å². The lowest BCUT2D eigenvalue weighted by atomic mass is 9.96. The largest absolute Gasteiger partial charge is 0.481 e. The number of carboxylic acids is 1. The van der Waals surface area contributed by atoms with E-state index in [0.29, 0.717) is 23.8 Å². The summed E-state index contributed by atoms with van der Waals surface area (Å²) >= 11 is 5.98. The van der Waals surface area contributed by atoms with Crippen LogP contribution in [0.25, 0.3) is 0 Å². The normalized spacial score (nSPS) is 17.3. The first-order chi connectivity index (χ1) is 9.13. The molecule has 1 aromatic carbocycles. The lowest BCUT2D eigenvalue weighted by Crippen LogP contribution is -2.37. The van der Waals surface area contributed by atoms with Crippen LogP contribution in [0.2, 0.25) is 5.02 Å². The summed E-state index contributed by atoms with van der Waals surface area (Å²) < 4.78 is 5.31. The van der Waals surface area contributed by atoms with Gasteiger partial charge in [-0.1, -0.05) is 11.6 Å². The highest BCUT2D eigenvalue weighted by Gasteiger charge is 2.24. The maximum absolute atomic E-state index is 11.3. The first-order valence-corrected chi connectivity index (χ1v) is 6.56. The molecule has 1 aromatic rings. The molecule has 19 heavy (non-hydrogen) atoms. The van der Waals surface area contributed by atoms with Crippen molar-refractivity contribution in [2.45, 2.75) is 5.92 Å². The Hall–Kier alpha value is -1.30. The summed E-state index contributed by atoms with van der Waals surface area (Å²) in [5.74, 6) is -1.67. The number of carboxylic acid groups (broad SMARTS) is 1. The van der Waals surface area contributed by atoms with Crippen LogP contribution in [0.15, 0.2) is 18.2 Å². The zero-order valence-corrected chi connectivity index (χ0v) is 11.3. The topological polar surface area (TPSA) is 75.8 Å². The minimum atomic E-state index is -0.931. The number of halogens is 1. The number of anilines is 1. The summed E-state index contributed by atoms with van der Waals surface area (Å²) in [6, 6.07) is 5.32. The molecular formula is C13H17ClN2O3. The summed E-state index contributed by atoms with van der Waals surface area (Å²) in [6.07, 6.45) is 0. The molecule has 1 saturated heterocycles. The van der Waals surface area contributed by atoms with Gasteiger partial charge in [-0.05, 0) is 23.8 Å². The summed E-state index contributed by atoms with van der Waals surface area (Å²) in [6.45, 7) is 2.81. The van der Waals surface area contributed by atoms with Gasteiger partial charge < -0.3 is 20.5 Å². The second kappa shape index (κ2) is 6.23. The van der Waals surface area contributed by atoms with Gasteiger partial charge in [-0.25, -0.2) is 0 Å². The highest BCUT2D eigenvalue weighted by molar-refractivity contribution is 6.30. The quantitative estimate of drug-likeness (QED) is 0.872. The van der Waals surface area contributed by atoms with Crippen molar-refractivity contribution in [3.63, 3.8) is 0 Å². The number of aliphatic carboxylic acids is 1. The van der Waals surface area contributed by atoms with Crippen molar-refractivity contribution in [1.82, 2.24) is 0 Å². The average molecular weight is 285 g/mol. The minimum absolute atomic E-state index is 0.0486. The molecule has 0 bridgehead atoms. The molecular weight excluding hydrogens is 268 g/mol. The molecule has 1 atom stereocenters. The predicted octanol–water partition coefficient (Wildman–Crippen LogP) is 1.30. The Morgan fingerprint density at radius 1 is 1.47 bits per heavy atom. The number of rotatable bonds is 4. The number of nitrogens with two attached hydrogens (primary N) is 1. The monoisotopic (exact) mass is 284 g/mol. The van der Waals surface area contributed by atoms with Gasteiger partial charge in [0.25, 0.3) is 0 Å². The third-order valence-electron chi connectivity index (χ3n) is 3.25. The molecule has 6 heteroatoms. The standard InChI is InChI=1S/C13H17ClN2O3/c14-9-1-2-12(16-3-5-19-6-4-16)10(7-9)11(8-15)13(17)18/h1-2,7,11H,3-6,8,15H2,(H,17,18). The zero-order valence-electron chi connectivity index (χ0n) is 10.5. The van der Waals surface area contributed by atoms with Crippen LogP contribution in [-0.2, 0) is 9.53 Å². The fourth-order valence-corrected chi connectivity index (χ4v) is 2.44. The molecule has 104 valence electrons. The first kappa shape index (κ1) is 14.1. The van der Waals surface area contributed by atoms with Crippen LogP contribution >= 0.6 is 11.6 Å². The fraction of sp³-hybridized carbons (Fsp3) is 0.462. The number of hydrogen-bond acceptors (Lipinski definition) is 4. The van der Waals surface area contributed by atoms with Crippen LogP contribution < -0.4 is 10.6 Å². The second-order valence-electron chi connectivity index (χ2n) is 4.43. The number of hydrogen-bond donors (Lipinski definition) is 2. The van der Waals surface area contributed by atoms with Crippen LogP contribution in [0.4, 0.5) is 5.69 Å². The van der Waals surface area contributed by atoms with Gasteiger partial charge in [0.15, 0.2) is 0 Å². The predicted molar refractivity (Wildman–Crippen MR) is 73.9 cm³/mol. The second-order valence-corrected chi connectivity index (χ2v) is 4.87. The number of carbonyl (C=O) groups is 1. The molecule has 0 saturated carbocycles. The van der Waals surface area contributed by atoms with E-state index in [1.54, 1.807) is 12.1 Å². The highest BCUT2D eigenvalue weighted by Crippen LogP contribution is 2.31. The van der Waals surface area contributed by atoms with Gasteiger partial charge in [-0.15, -0.1) is 0 Å². The molecule has 0 aliphatic carbocycles. The molecule has 0 radical (unpaired) electrons. The molecule has 1 unspecified atom stereocenters. The van der Waals surface area contributed by atoms with Crippen molar-refractivity contribution in [3.8, 4) is 0 Å². The maximum Gasteiger partial charge on any atom is 0.312 e. The van der Waals surface area contributed by atoms with E-state index in [9.17, 15) is 9.90 Å². The third kappa shape index (κ3) is 3.18. The van der Waals surface area contributed by atoms with E-state index in [2.05, 4.69) is 4.90 Å². The summed E-state index contributed by atoms with van der Waals surface area (Å²) in [4.78, 5) is 13.4. The van der Waals surface area contributed by atoms with Crippen molar-refractivity contribution < 1.29 is 14.6 Å². The number of nitrogens with zero attached hydrogens (tertiary/aromatic N) is 1. The van der Waals surface area contributed by atoms with E-state index in [4.69, 9.17) is 22.1 Å². The summed E-state index contributed by atoms with van der Waals surface area (Å²) in [5, 5.41) is 9.79. The van der Waals surface area contributed by atoms with E-state index in [1.807, 2.05) is 6.07 Å². The highest BCUT2D eigenvalue weighted by atomic mass is 35.5. The van der Waals surface area contributed by atoms with Crippen LogP contribution in [0.5, 0.6) is 0 Å². The Balaban J connectivity index is 2.39. The zero-order chi connectivity index (χ0) is 13.8. The number of ether oxygens (including phenoxy) is 1. The molecule has 1 aliphatic rings. The minimum Gasteiger partial charge on any atom is -0.481 e. The van der Waals surface area contributed by atoms with Crippen LogP contribution in [0.1, 0.15) is 11.5 Å². The summed E-state index contributed by atoms with van der Waals surface area (Å²) in [5.41, 5.74) is 7.14. The van der Waals surface area contributed by atoms with E-state index >= 15 is 0 Å². The lowest BCUT2D eigenvalue weighted by Gasteiger charge is -2.31. The van der Waals surface area contributed by atoms with Crippen molar-refractivity contribution in [2.24, 2.45) is 5.73 Å². The average Bonchev–Trinajstić information content (AvgIpc) is 2.40. The van der Waals surface area contributed by atoms with Crippen LogP contribution in [-0.4, -0.2) is 43.9 Å². The molecule has 1 aliphatic heterocycles. The maximum atomic E-state index is 11.3. The van der Waals surface area contributed by atoms with Crippen molar-refractivity contribution in [3.05, 3.63) is 28.8 Å². The Labute approximate surface area is 116 Å². The molecule has 0 amide bonds. The van der Waals surface area contributed by atoms with Gasteiger partial charge in [-0.2, -0.15) is 0 Å². The molecule has 5 nitrogen and oxygen atoms in total. The lowest BCUT2D eigenvalue weighted by molar-refractivity contribution is -0.138. The van der Waals surface area contributed by atoms with Gasteiger partial charge in [0.05, 0.1) is 19.1 Å². The SMILES string of the molecule is NCC(C(=O)O)c1cc(Cl)ccc1N1CCOCC1. The van der Waals surface area contributed by atoms with E-state index in [-0.39, 0.29) is 6.54 Å². The smallest absolute Gasteiger partial charge is 0.312 e. The number of morpholine rings is 1.